The van der Waals surface area contributed by atoms with E-state index in [1.807, 2.05) is 0 Å². The van der Waals surface area contributed by atoms with Crippen molar-refractivity contribution in [1.82, 2.24) is 10.3 Å². The van der Waals surface area contributed by atoms with E-state index in [-0.39, 0.29) is 34.2 Å². The molecule has 1 N–H and O–H groups in total. The maximum atomic E-state index is 15.5. The number of pyridine rings is 1. The molecule has 0 saturated carbocycles. The molecule has 1 heterocycles. The average Bonchev–Trinajstić information content (AvgIpc) is 2.87. The van der Waals surface area contributed by atoms with Crippen LogP contribution in [0, 0.1) is 5.82 Å². The molecule has 3 aromatic rings. The molecule has 0 fully saturated rings. The van der Waals surface area contributed by atoms with Crippen LogP contribution in [0.1, 0.15) is 35.5 Å². The number of rotatable bonds is 9. The zero-order valence-electron chi connectivity index (χ0n) is 19.7. The fourth-order valence-corrected chi connectivity index (χ4v) is 3.65. The van der Waals surface area contributed by atoms with Gasteiger partial charge in [-0.1, -0.05) is 47.0 Å². The molecule has 6 nitrogen and oxygen atoms in total. The second-order valence-corrected chi connectivity index (χ2v) is 9.12. The van der Waals surface area contributed by atoms with Gasteiger partial charge in [0.25, 0.3) is 5.67 Å². The van der Waals surface area contributed by atoms with Gasteiger partial charge in [0.05, 0.1) is 29.5 Å². The molecule has 0 amide bonds. The van der Waals surface area contributed by atoms with Crippen LogP contribution in [0.5, 0.6) is 0 Å². The predicted octanol–water partition coefficient (Wildman–Crippen LogP) is 7.29. The van der Waals surface area contributed by atoms with Gasteiger partial charge in [-0.15, -0.1) is 0 Å². The highest BCUT2D eigenvalue weighted by atomic mass is 35.5. The van der Waals surface area contributed by atoms with E-state index < -0.39 is 35.4 Å². The Labute approximate surface area is 214 Å². The van der Waals surface area contributed by atoms with Crippen LogP contribution in [-0.2, 0) is 11.2 Å². The van der Waals surface area contributed by atoms with Gasteiger partial charge in [-0.2, -0.15) is 13.2 Å². The Morgan fingerprint density at radius 1 is 1.08 bits per heavy atom. The fourth-order valence-electron chi connectivity index (χ4n) is 3.47. The van der Waals surface area contributed by atoms with Crippen molar-refractivity contribution in [2.24, 2.45) is 5.11 Å². The van der Waals surface area contributed by atoms with E-state index in [4.69, 9.17) is 17.1 Å². The van der Waals surface area contributed by atoms with Crippen LogP contribution in [0.15, 0.2) is 65.8 Å². The number of nitrogens with one attached hydrogen (secondary N) is 1. The molecule has 0 aliphatic carbocycles. The molecular formula is C25H21ClF5N5O. The van der Waals surface area contributed by atoms with Gasteiger partial charge in [-0.3, -0.25) is 4.79 Å². The molecule has 1 atom stereocenters. The first-order valence-corrected chi connectivity index (χ1v) is 11.2. The largest absolute Gasteiger partial charge is 0.428 e. The molecule has 194 valence electrons. The van der Waals surface area contributed by atoms with E-state index in [1.165, 1.54) is 12.1 Å². The summed E-state index contributed by atoms with van der Waals surface area (Å²) in [4.78, 5) is 18.7. The number of alkyl halides is 4. The minimum absolute atomic E-state index is 0.124. The summed E-state index contributed by atoms with van der Waals surface area (Å²) in [6.07, 6.45) is -5.48. The van der Waals surface area contributed by atoms with Crippen molar-refractivity contribution < 1.29 is 26.7 Å². The van der Waals surface area contributed by atoms with Gasteiger partial charge in [-0.05, 0) is 55.3 Å². The zero-order chi connectivity index (χ0) is 27.4. The van der Waals surface area contributed by atoms with Crippen LogP contribution in [0.25, 0.3) is 21.7 Å². The number of hydrogen-bond acceptors (Lipinski definition) is 4. The molecule has 0 saturated heterocycles. The molecule has 1 unspecified atom stereocenters. The van der Waals surface area contributed by atoms with E-state index in [1.54, 1.807) is 44.2 Å². The summed E-state index contributed by atoms with van der Waals surface area (Å²) in [7, 11) is 0. The van der Waals surface area contributed by atoms with Crippen molar-refractivity contribution in [3.63, 3.8) is 0 Å². The molecule has 37 heavy (non-hydrogen) atoms. The lowest BCUT2D eigenvalue weighted by atomic mass is 9.89. The van der Waals surface area contributed by atoms with Crippen molar-refractivity contribution in [3.8, 4) is 11.3 Å². The Balaban J connectivity index is 2.12. The highest BCUT2D eigenvalue weighted by molar-refractivity contribution is 6.31. The fraction of sp³-hybridized carbons (Fsp3) is 0.280. The monoisotopic (exact) mass is 537 g/mol. The molecule has 0 bridgehead atoms. The highest BCUT2D eigenvalue weighted by Crippen LogP contribution is 2.44. The lowest BCUT2D eigenvalue weighted by Gasteiger charge is -2.31. The number of benzene rings is 2. The maximum absolute atomic E-state index is 15.5. The van der Waals surface area contributed by atoms with Crippen LogP contribution >= 0.6 is 11.6 Å². The van der Waals surface area contributed by atoms with Gasteiger partial charge in [0.15, 0.2) is 5.78 Å². The third kappa shape index (κ3) is 6.25. The zero-order valence-corrected chi connectivity index (χ0v) is 20.4. The Bertz CT molecular complexity index is 1340. The van der Waals surface area contributed by atoms with Crippen LogP contribution in [-0.4, -0.2) is 30.0 Å². The third-order valence-corrected chi connectivity index (χ3v) is 6.05. The number of halogens is 6. The highest BCUT2D eigenvalue weighted by Gasteiger charge is 2.58. The van der Waals surface area contributed by atoms with Gasteiger partial charge >= 0.3 is 6.18 Å². The lowest BCUT2D eigenvalue weighted by Crippen LogP contribution is -2.43. The first kappa shape index (κ1) is 28.0. The summed E-state index contributed by atoms with van der Waals surface area (Å²) in [5.41, 5.74) is 2.75. The van der Waals surface area contributed by atoms with Crippen molar-refractivity contribution in [2.75, 3.05) is 13.1 Å². The normalized spacial score (nSPS) is 13.5. The number of carbonyl (C=O) groups is 1. The van der Waals surface area contributed by atoms with Crippen molar-refractivity contribution in [3.05, 3.63) is 98.8 Å². The van der Waals surface area contributed by atoms with Gasteiger partial charge in [0.1, 0.15) is 5.82 Å². The second kappa shape index (κ2) is 10.8. The molecule has 0 aliphatic heterocycles. The number of carbonyl (C=O) groups excluding carboxylic acids is 1. The second-order valence-electron chi connectivity index (χ2n) is 8.71. The number of ketones is 1. The minimum atomic E-state index is -5.48. The number of nitrogens with zero attached hydrogens (tertiary/aromatic N) is 4. The van der Waals surface area contributed by atoms with E-state index >= 15 is 4.39 Å². The first-order chi connectivity index (χ1) is 17.3. The SMILES string of the molecule is CC(C)(NCC(=O)c1ccccc1)c1cc(-c2ccc(F)c(Cl)c2)nc(C(F)(CN=[N+]=[N-])C(F)(F)F)c1. The number of Topliss-reactive ketones (excluding diaryl/α,β-unsaturated/α-hetero) is 1. The molecule has 1 aromatic heterocycles. The van der Waals surface area contributed by atoms with Crippen molar-refractivity contribution in [2.45, 2.75) is 31.2 Å². The lowest BCUT2D eigenvalue weighted by molar-refractivity contribution is -0.233. The maximum Gasteiger partial charge on any atom is 0.428 e. The Morgan fingerprint density at radius 3 is 2.35 bits per heavy atom. The van der Waals surface area contributed by atoms with Gasteiger partial charge in [0, 0.05) is 21.6 Å². The van der Waals surface area contributed by atoms with E-state index in [0.29, 0.717) is 5.56 Å². The smallest absolute Gasteiger partial charge is 0.301 e. The van der Waals surface area contributed by atoms with E-state index in [9.17, 15) is 22.4 Å². The summed E-state index contributed by atoms with van der Waals surface area (Å²) in [5.74, 6) is -1.03. The van der Waals surface area contributed by atoms with Gasteiger partial charge in [-0.25, -0.2) is 13.8 Å². The molecular weight excluding hydrogens is 517 g/mol. The summed E-state index contributed by atoms with van der Waals surface area (Å²) in [6, 6.07) is 14.0. The standard InChI is InChI=1S/C25H21ClF5N5O/c1-23(2,33-13-21(37)15-6-4-3-5-7-15)17-11-20(16-8-9-19(27)18(26)10-16)35-22(12-17)24(28,14-34-36-32)25(29,30)31/h3-12,33H,13-14H2,1-2H3. The first-order valence-electron chi connectivity index (χ1n) is 10.9. The summed E-state index contributed by atoms with van der Waals surface area (Å²) in [5, 5.41) is 5.49. The molecule has 0 aliphatic rings. The van der Waals surface area contributed by atoms with Crippen molar-refractivity contribution >= 4 is 17.4 Å². The predicted molar refractivity (Wildman–Crippen MR) is 129 cm³/mol. The minimum Gasteiger partial charge on any atom is -0.301 e. The summed E-state index contributed by atoms with van der Waals surface area (Å²) >= 11 is 5.85. The van der Waals surface area contributed by atoms with Gasteiger partial charge in [0.2, 0.25) is 0 Å². The van der Waals surface area contributed by atoms with E-state index in [2.05, 4.69) is 20.3 Å². The Hall–Kier alpha value is -3.53. The molecule has 2 aromatic carbocycles. The number of hydrogen-bond donors (Lipinski definition) is 1. The molecule has 3 rings (SSSR count). The van der Waals surface area contributed by atoms with Crippen LogP contribution < -0.4 is 5.32 Å². The summed E-state index contributed by atoms with van der Waals surface area (Å²) < 4.78 is 71.0. The van der Waals surface area contributed by atoms with Gasteiger partial charge < -0.3 is 5.32 Å². The number of aromatic nitrogens is 1. The molecule has 0 spiro atoms. The third-order valence-electron chi connectivity index (χ3n) is 5.76. The Morgan fingerprint density at radius 2 is 1.76 bits per heavy atom. The van der Waals surface area contributed by atoms with Crippen molar-refractivity contribution in [1.29, 1.82) is 0 Å². The summed E-state index contributed by atoms with van der Waals surface area (Å²) in [6.45, 7) is 1.41. The van der Waals surface area contributed by atoms with Crippen LogP contribution in [0.4, 0.5) is 22.0 Å². The molecule has 0 radical (unpaired) electrons. The quantitative estimate of drug-likeness (QED) is 0.102. The van der Waals surface area contributed by atoms with Crippen LogP contribution in [0.2, 0.25) is 5.02 Å². The Kier molecular flexibility index (Phi) is 8.22. The topological polar surface area (TPSA) is 90.8 Å². The van der Waals surface area contributed by atoms with E-state index in [0.717, 1.165) is 18.2 Å². The number of azide groups is 1. The van der Waals surface area contributed by atoms with Crippen LogP contribution in [0.3, 0.4) is 0 Å². The molecule has 12 heteroatoms. The average molecular weight is 538 g/mol.